The Labute approximate surface area is 112 Å². The molecule has 1 aromatic carbocycles. The molecule has 2 rings (SSSR count). The fraction of sp³-hybridized carbons (Fsp3) is 0.182. The molecule has 0 unspecified atom stereocenters. The molecule has 104 valence electrons. The Morgan fingerprint density at radius 3 is 2.85 bits per heavy atom. The van der Waals surface area contributed by atoms with Crippen molar-refractivity contribution in [2.24, 2.45) is 0 Å². The Balaban J connectivity index is 2.18. The van der Waals surface area contributed by atoms with Crippen LogP contribution >= 0.6 is 0 Å². The highest BCUT2D eigenvalue weighted by atomic mass is 16.6. The molecule has 20 heavy (non-hydrogen) atoms. The molecule has 0 saturated carbocycles. The van der Waals surface area contributed by atoms with Crippen LogP contribution in [0.25, 0.3) is 0 Å². The van der Waals surface area contributed by atoms with Crippen LogP contribution in [0.4, 0.5) is 11.4 Å². The van der Waals surface area contributed by atoms with Crippen LogP contribution in [-0.4, -0.2) is 26.1 Å². The number of carboxylic acid groups (broad SMARTS) is 1. The minimum Gasteiger partial charge on any atom is -0.477 e. The summed E-state index contributed by atoms with van der Waals surface area (Å²) in [5, 5.41) is 26.2. The van der Waals surface area contributed by atoms with Gasteiger partial charge in [0.25, 0.3) is 5.69 Å². The average Bonchev–Trinajstić information content (AvgIpc) is 2.81. The zero-order chi connectivity index (χ0) is 14.7. The smallest absolute Gasteiger partial charge is 0.342 e. The monoisotopic (exact) mass is 278 g/mol. The van der Waals surface area contributed by atoms with Gasteiger partial charge in [0.15, 0.2) is 5.82 Å². The molecule has 0 aliphatic carbocycles. The lowest BCUT2D eigenvalue weighted by atomic mass is 10.1. The van der Waals surface area contributed by atoms with Gasteiger partial charge in [0, 0.05) is 18.7 Å². The Bertz CT molecular complexity index is 667. The number of nitro benzene ring substituents is 1. The topological polar surface area (TPSA) is 131 Å². The van der Waals surface area contributed by atoms with E-state index in [-0.39, 0.29) is 12.1 Å². The van der Waals surface area contributed by atoms with Crippen LogP contribution in [0.5, 0.6) is 0 Å². The minimum absolute atomic E-state index is 0.209. The lowest BCUT2D eigenvalue weighted by molar-refractivity contribution is -0.385. The number of hydrogen-bond acceptors (Lipinski definition) is 7. The number of carboxylic acids is 1. The molecule has 0 radical (unpaired) electrons. The van der Waals surface area contributed by atoms with Gasteiger partial charge in [-0.05, 0) is 12.1 Å². The highest BCUT2D eigenvalue weighted by Gasteiger charge is 2.20. The first kappa shape index (κ1) is 13.5. The largest absolute Gasteiger partial charge is 0.477 e. The molecule has 1 heterocycles. The molecule has 0 fully saturated rings. The molecule has 2 N–H and O–H groups in total. The maximum absolute atomic E-state index is 10.9. The van der Waals surface area contributed by atoms with Crippen LogP contribution in [0.1, 0.15) is 22.1 Å². The van der Waals surface area contributed by atoms with Crippen molar-refractivity contribution >= 4 is 17.3 Å². The number of aromatic carboxylic acids is 1. The SMILES string of the molecule is Cc1nc(CNc2ccc(C(=O)O)c([N+](=O)[O-])c2)no1. The van der Waals surface area contributed by atoms with Crippen molar-refractivity contribution in [1.82, 2.24) is 10.1 Å². The highest BCUT2D eigenvalue weighted by molar-refractivity contribution is 5.93. The number of anilines is 1. The molecule has 0 spiro atoms. The van der Waals surface area contributed by atoms with Crippen LogP contribution in [-0.2, 0) is 6.54 Å². The molecule has 0 amide bonds. The third kappa shape index (κ3) is 2.88. The molecule has 2 aromatic rings. The molecule has 0 aliphatic rings. The van der Waals surface area contributed by atoms with Gasteiger partial charge >= 0.3 is 5.97 Å². The Morgan fingerprint density at radius 2 is 2.30 bits per heavy atom. The van der Waals surface area contributed by atoms with Gasteiger partial charge in [-0.2, -0.15) is 4.98 Å². The summed E-state index contributed by atoms with van der Waals surface area (Å²) in [5.74, 6) is -0.543. The molecular weight excluding hydrogens is 268 g/mol. The van der Waals surface area contributed by atoms with E-state index in [0.29, 0.717) is 17.4 Å². The van der Waals surface area contributed by atoms with E-state index < -0.39 is 16.6 Å². The van der Waals surface area contributed by atoms with Crippen LogP contribution in [0.2, 0.25) is 0 Å². The van der Waals surface area contributed by atoms with E-state index in [1.54, 1.807) is 6.92 Å². The van der Waals surface area contributed by atoms with Gasteiger partial charge in [-0.3, -0.25) is 10.1 Å². The first-order valence-corrected chi connectivity index (χ1v) is 5.52. The zero-order valence-corrected chi connectivity index (χ0v) is 10.4. The summed E-state index contributed by atoms with van der Waals surface area (Å²) in [7, 11) is 0. The summed E-state index contributed by atoms with van der Waals surface area (Å²) < 4.78 is 4.78. The molecule has 1 aromatic heterocycles. The standard InChI is InChI=1S/C11H10N4O5/c1-6-13-10(14-20-6)5-12-7-2-3-8(11(16)17)9(4-7)15(18)19/h2-4,12H,5H2,1H3,(H,16,17). The second-order valence-corrected chi connectivity index (χ2v) is 3.88. The van der Waals surface area contributed by atoms with Crippen molar-refractivity contribution < 1.29 is 19.3 Å². The highest BCUT2D eigenvalue weighted by Crippen LogP contribution is 2.23. The predicted molar refractivity (Wildman–Crippen MR) is 66.4 cm³/mol. The van der Waals surface area contributed by atoms with E-state index >= 15 is 0 Å². The van der Waals surface area contributed by atoms with Gasteiger partial charge in [-0.1, -0.05) is 5.16 Å². The van der Waals surface area contributed by atoms with Crippen molar-refractivity contribution in [3.05, 3.63) is 45.6 Å². The van der Waals surface area contributed by atoms with Gasteiger partial charge < -0.3 is 14.9 Å². The van der Waals surface area contributed by atoms with Crippen LogP contribution in [0.3, 0.4) is 0 Å². The van der Waals surface area contributed by atoms with Gasteiger partial charge in [-0.15, -0.1) is 0 Å². The van der Waals surface area contributed by atoms with Crippen molar-refractivity contribution in [3.8, 4) is 0 Å². The third-order valence-corrected chi connectivity index (χ3v) is 2.45. The van der Waals surface area contributed by atoms with Crippen LogP contribution in [0.15, 0.2) is 22.7 Å². The normalized spacial score (nSPS) is 10.2. The Kier molecular flexibility index (Phi) is 3.60. The van der Waals surface area contributed by atoms with Crippen LogP contribution < -0.4 is 5.32 Å². The first-order valence-electron chi connectivity index (χ1n) is 5.52. The summed E-state index contributed by atoms with van der Waals surface area (Å²) in [6.45, 7) is 1.85. The van der Waals surface area contributed by atoms with Crippen molar-refractivity contribution in [1.29, 1.82) is 0 Å². The fourth-order valence-corrected chi connectivity index (χ4v) is 1.57. The number of nitrogens with one attached hydrogen (secondary N) is 1. The maximum atomic E-state index is 10.9. The lowest BCUT2D eigenvalue weighted by Gasteiger charge is -2.04. The van der Waals surface area contributed by atoms with Gasteiger partial charge in [0.1, 0.15) is 5.56 Å². The number of nitrogens with zero attached hydrogens (tertiary/aromatic N) is 3. The molecule has 9 heteroatoms. The molecule has 0 aliphatic heterocycles. The third-order valence-electron chi connectivity index (χ3n) is 2.45. The molecule has 0 bridgehead atoms. The van der Waals surface area contributed by atoms with Crippen LogP contribution in [0, 0.1) is 17.0 Å². The second kappa shape index (κ2) is 5.34. The van der Waals surface area contributed by atoms with Gasteiger partial charge in [-0.25, -0.2) is 4.79 Å². The predicted octanol–water partition coefficient (Wildman–Crippen LogP) is 1.60. The molecular formula is C11H10N4O5. The van der Waals surface area contributed by atoms with E-state index in [2.05, 4.69) is 15.5 Å². The summed E-state index contributed by atoms with van der Waals surface area (Å²) >= 11 is 0. The Hall–Kier alpha value is -2.97. The minimum atomic E-state index is -1.35. The number of aryl methyl sites for hydroxylation is 1. The van der Waals surface area contributed by atoms with E-state index in [0.717, 1.165) is 6.07 Å². The maximum Gasteiger partial charge on any atom is 0.342 e. The van der Waals surface area contributed by atoms with Crippen molar-refractivity contribution in [2.75, 3.05) is 5.32 Å². The summed E-state index contributed by atoms with van der Waals surface area (Å²) in [4.78, 5) is 24.9. The number of carbonyl (C=O) groups is 1. The number of benzene rings is 1. The van der Waals surface area contributed by atoms with Crippen molar-refractivity contribution in [3.63, 3.8) is 0 Å². The number of hydrogen-bond donors (Lipinski definition) is 2. The average molecular weight is 278 g/mol. The van der Waals surface area contributed by atoms with E-state index in [4.69, 9.17) is 9.63 Å². The summed E-state index contributed by atoms with van der Waals surface area (Å²) in [6.07, 6.45) is 0. The fourth-order valence-electron chi connectivity index (χ4n) is 1.57. The van der Waals surface area contributed by atoms with E-state index in [1.165, 1.54) is 12.1 Å². The van der Waals surface area contributed by atoms with Gasteiger partial charge in [0.05, 0.1) is 11.5 Å². The number of aromatic nitrogens is 2. The number of rotatable bonds is 5. The quantitative estimate of drug-likeness (QED) is 0.622. The number of nitro groups is 1. The first-order chi connectivity index (χ1) is 9.47. The summed E-state index contributed by atoms with van der Waals surface area (Å²) in [5.41, 5.74) is -0.452. The lowest BCUT2D eigenvalue weighted by Crippen LogP contribution is -2.05. The molecule has 0 saturated heterocycles. The molecule has 9 nitrogen and oxygen atoms in total. The Morgan fingerprint density at radius 1 is 1.55 bits per heavy atom. The second-order valence-electron chi connectivity index (χ2n) is 3.88. The zero-order valence-electron chi connectivity index (χ0n) is 10.4. The van der Waals surface area contributed by atoms with Gasteiger partial charge in [0.2, 0.25) is 5.89 Å². The van der Waals surface area contributed by atoms with E-state index in [1.807, 2.05) is 0 Å². The molecule has 0 atom stereocenters. The summed E-state index contributed by atoms with van der Waals surface area (Å²) in [6, 6.07) is 3.75. The van der Waals surface area contributed by atoms with E-state index in [9.17, 15) is 14.9 Å². The van der Waals surface area contributed by atoms with Crippen molar-refractivity contribution in [2.45, 2.75) is 13.5 Å².